The van der Waals surface area contributed by atoms with Crippen LogP contribution >= 0.6 is 0 Å². The molecule has 0 amide bonds. The molecule has 0 radical (unpaired) electrons. The van der Waals surface area contributed by atoms with Crippen LogP contribution in [-0.2, 0) is 7.05 Å². The molecule has 0 saturated heterocycles. The van der Waals surface area contributed by atoms with Crippen LogP contribution < -0.4 is 16.3 Å². The number of aromatic nitrogens is 3. The van der Waals surface area contributed by atoms with Crippen molar-refractivity contribution in [3.63, 3.8) is 0 Å². The van der Waals surface area contributed by atoms with Gasteiger partial charge in [0.25, 0.3) is 0 Å². The van der Waals surface area contributed by atoms with Gasteiger partial charge < -0.3 is 9.80 Å². The average Bonchev–Trinajstić information content (AvgIpc) is 2.77. The highest BCUT2D eigenvalue weighted by molar-refractivity contribution is 5.85. The molecule has 0 N–H and O–H groups in total. The van der Waals surface area contributed by atoms with E-state index in [-0.39, 0.29) is 0 Å². The van der Waals surface area contributed by atoms with E-state index < -0.39 is 11.4 Å². The standard InChI is InChI=1S/C20H21N5O2/c1-22(2)12-13-24-15-9-5-4-8-14(15)18-21-19(26)23(3)20(27)25(18)17-11-7-6-10-16(17)24/h4-11H,12-13H2,1-3H3. The quantitative estimate of drug-likeness (QED) is 0.707. The number of likely N-dealkylation sites (N-methyl/N-ethyl adjacent to an activating group) is 1. The summed E-state index contributed by atoms with van der Waals surface area (Å²) in [5, 5.41) is 0. The van der Waals surface area contributed by atoms with Gasteiger partial charge in [-0.05, 0) is 38.4 Å². The Kier molecular flexibility index (Phi) is 4.16. The van der Waals surface area contributed by atoms with Crippen molar-refractivity contribution in [2.24, 2.45) is 7.05 Å². The predicted octanol–water partition coefficient (Wildman–Crippen LogP) is 1.61. The first-order chi connectivity index (χ1) is 13.0. The molecule has 7 heteroatoms. The van der Waals surface area contributed by atoms with Crippen LogP contribution in [0.15, 0.2) is 58.1 Å². The zero-order valence-electron chi connectivity index (χ0n) is 15.6. The van der Waals surface area contributed by atoms with Gasteiger partial charge in [0.1, 0.15) is 0 Å². The van der Waals surface area contributed by atoms with E-state index in [0.29, 0.717) is 5.82 Å². The second kappa shape index (κ2) is 6.51. The van der Waals surface area contributed by atoms with Crippen molar-refractivity contribution in [1.82, 2.24) is 19.0 Å². The second-order valence-electron chi connectivity index (χ2n) is 6.86. The maximum Gasteiger partial charge on any atom is 0.353 e. The fourth-order valence-corrected chi connectivity index (χ4v) is 3.39. The summed E-state index contributed by atoms with van der Waals surface area (Å²) in [4.78, 5) is 33.8. The molecule has 0 aliphatic carbocycles. The maximum atomic E-state index is 13.0. The Morgan fingerprint density at radius 1 is 0.926 bits per heavy atom. The van der Waals surface area contributed by atoms with Crippen molar-refractivity contribution < 1.29 is 0 Å². The summed E-state index contributed by atoms with van der Waals surface area (Å²) >= 11 is 0. The van der Waals surface area contributed by atoms with Gasteiger partial charge in [-0.2, -0.15) is 4.98 Å². The Labute approximate surface area is 156 Å². The molecule has 0 fully saturated rings. The Morgan fingerprint density at radius 3 is 2.26 bits per heavy atom. The lowest BCUT2D eigenvalue weighted by molar-refractivity contribution is 0.419. The maximum absolute atomic E-state index is 13.0. The summed E-state index contributed by atoms with van der Waals surface area (Å²) in [6.07, 6.45) is 0. The van der Waals surface area contributed by atoms with Gasteiger partial charge in [0, 0.05) is 25.7 Å². The fourth-order valence-electron chi connectivity index (χ4n) is 3.39. The largest absolute Gasteiger partial charge is 0.353 e. The fraction of sp³-hybridized carbons (Fsp3) is 0.250. The SMILES string of the molecule is CN(C)CCN1c2ccccc2-c2nc(=O)n(C)c(=O)n2-c2ccccc21. The molecule has 4 rings (SSSR count). The lowest BCUT2D eigenvalue weighted by Gasteiger charge is -2.27. The van der Waals surface area contributed by atoms with Crippen molar-refractivity contribution in [1.29, 1.82) is 0 Å². The molecule has 27 heavy (non-hydrogen) atoms. The number of fused-ring (bicyclic) bond motifs is 5. The van der Waals surface area contributed by atoms with E-state index in [1.54, 1.807) is 0 Å². The molecule has 2 aromatic carbocycles. The highest BCUT2D eigenvalue weighted by Gasteiger charge is 2.27. The summed E-state index contributed by atoms with van der Waals surface area (Å²) < 4.78 is 2.57. The van der Waals surface area contributed by atoms with E-state index in [9.17, 15) is 9.59 Å². The second-order valence-corrected chi connectivity index (χ2v) is 6.86. The number of rotatable bonds is 3. The van der Waals surface area contributed by atoms with E-state index in [1.165, 1.54) is 11.6 Å². The molecule has 2 heterocycles. The van der Waals surface area contributed by atoms with Crippen LogP contribution in [0.1, 0.15) is 0 Å². The van der Waals surface area contributed by atoms with Gasteiger partial charge in [0.2, 0.25) is 0 Å². The highest BCUT2D eigenvalue weighted by Crippen LogP contribution is 2.40. The molecule has 0 unspecified atom stereocenters. The molecule has 1 aliphatic heterocycles. The summed E-state index contributed by atoms with van der Waals surface area (Å²) in [5.74, 6) is 0.374. The topological polar surface area (TPSA) is 63.4 Å². The molecular formula is C20H21N5O2. The third-order valence-electron chi connectivity index (χ3n) is 4.80. The number of hydrogen-bond acceptors (Lipinski definition) is 5. The number of nitrogens with zero attached hydrogens (tertiary/aromatic N) is 5. The van der Waals surface area contributed by atoms with Crippen LogP contribution in [0.3, 0.4) is 0 Å². The molecular weight excluding hydrogens is 342 g/mol. The van der Waals surface area contributed by atoms with Gasteiger partial charge in [-0.3, -0.25) is 0 Å². The van der Waals surface area contributed by atoms with E-state index >= 15 is 0 Å². The van der Waals surface area contributed by atoms with Crippen LogP contribution in [0.2, 0.25) is 0 Å². The third kappa shape index (κ3) is 2.76. The van der Waals surface area contributed by atoms with E-state index in [4.69, 9.17) is 0 Å². The van der Waals surface area contributed by atoms with E-state index in [0.717, 1.165) is 40.3 Å². The van der Waals surface area contributed by atoms with Crippen molar-refractivity contribution in [2.45, 2.75) is 0 Å². The molecule has 138 valence electrons. The van der Waals surface area contributed by atoms with E-state index in [2.05, 4.69) is 14.8 Å². The van der Waals surface area contributed by atoms with Gasteiger partial charge in [-0.1, -0.05) is 24.3 Å². The lowest BCUT2D eigenvalue weighted by Crippen LogP contribution is -2.40. The Hall–Kier alpha value is -3.19. The first-order valence-corrected chi connectivity index (χ1v) is 8.80. The van der Waals surface area contributed by atoms with Crippen molar-refractivity contribution in [3.8, 4) is 17.1 Å². The van der Waals surface area contributed by atoms with Crippen LogP contribution in [-0.4, -0.2) is 46.2 Å². The minimum absolute atomic E-state index is 0.374. The average molecular weight is 363 g/mol. The van der Waals surface area contributed by atoms with Crippen LogP contribution in [0.5, 0.6) is 0 Å². The smallest absolute Gasteiger partial charge is 0.338 e. The van der Waals surface area contributed by atoms with Crippen LogP contribution in [0, 0.1) is 0 Å². The Balaban J connectivity index is 2.11. The van der Waals surface area contributed by atoms with Gasteiger partial charge in [-0.15, -0.1) is 0 Å². The summed E-state index contributed by atoms with van der Waals surface area (Å²) in [6, 6.07) is 15.5. The predicted molar refractivity (Wildman–Crippen MR) is 106 cm³/mol. The van der Waals surface area contributed by atoms with Crippen molar-refractivity contribution in [3.05, 3.63) is 69.5 Å². The normalized spacial score (nSPS) is 12.4. The van der Waals surface area contributed by atoms with E-state index in [1.807, 2.05) is 62.6 Å². The van der Waals surface area contributed by atoms with Crippen molar-refractivity contribution >= 4 is 11.4 Å². The summed E-state index contributed by atoms with van der Waals surface area (Å²) in [5.41, 5.74) is 2.37. The third-order valence-corrected chi connectivity index (χ3v) is 4.80. The molecule has 1 aromatic heterocycles. The first-order valence-electron chi connectivity index (χ1n) is 8.80. The lowest BCUT2D eigenvalue weighted by atomic mass is 10.1. The summed E-state index contributed by atoms with van der Waals surface area (Å²) in [7, 11) is 5.51. The zero-order valence-corrected chi connectivity index (χ0v) is 15.6. The Morgan fingerprint density at radius 2 is 1.56 bits per heavy atom. The molecule has 0 atom stereocenters. The first kappa shape index (κ1) is 17.2. The molecule has 3 aromatic rings. The number of hydrogen-bond donors (Lipinski definition) is 0. The van der Waals surface area contributed by atoms with Gasteiger partial charge >= 0.3 is 11.4 Å². The van der Waals surface area contributed by atoms with Gasteiger partial charge in [0.15, 0.2) is 5.82 Å². The molecule has 0 bridgehead atoms. The van der Waals surface area contributed by atoms with Gasteiger partial charge in [0.05, 0.1) is 17.1 Å². The summed E-state index contributed by atoms with van der Waals surface area (Å²) in [6.45, 7) is 1.57. The van der Waals surface area contributed by atoms with Crippen LogP contribution in [0.25, 0.3) is 17.1 Å². The molecule has 7 nitrogen and oxygen atoms in total. The minimum Gasteiger partial charge on any atom is -0.338 e. The van der Waals surface area contributed by atoms with Crippen LogP contribution in [0.4, 0.5) is 11.4 Å². The molecule has 1 aliphatic rings. The highest BCUT2D eigenvalue weighted by atomic mass is 16.2. The number of benzene rings is 2. The van der Waals surface area contributed by atoms with Crippen molar-refractivity contribution in [2.75, 3.05) is 32.1 Å². The molecule has 0 spiro atoms. The zero-order chi connectivity index (χ0) is 19.1. The van der Waals surface area contributed by atoms with Gasteiger partial charge in [-0.25, -0.2) is 18.7 Å². The monoisotopic (exact) mass is 363 g/mol. The Bertz CT molecular complexity index is 1130. The number of anilines is 2. The minimum atomic E-state index is -0.555. The molecule has 0 saturated carbocycles. The number of para-hydroxylation sites is 3.